The molecule has 0 unspecified atom stereocenters. The summed E-state index contributed by atoms with van der Waals surface area (Å²) >= 11 is 0. The molecular weight excluding hydrogens is 418 g/mol. The molecule has 3 aromatic rings. The zero-order valence-electron chi connectivity index (χ0n) is 19.0. The number of nitrogens with two attached hydrogens (primary N) is 1. The molecule has 4 rings (SSSR count). The lowest BCUT2D eigenvalue weighted by molar-refractivity contribution is 0.0288. The van der Waals surface area contributed by atoms with Crippen LogP contribution in [0.2, 0.25) is 0 Å². The molecule has 8 heteroatoms. The number of hydrogen-bond acceptors (Lipinski definition) is 6. The molecular formula is C25H27N5O3. The fraction of sp³-hybridized carbons (Fsp3) is 0.320. The highest BCUT2D eigenvalue weighted by molar-refractivity contribution is 5.73. The first kappa shape index (κ1) is 22.2. The second-order valence-corrected chi connectivity index (χ2v) is 8.97. The second-order valence-electron chi connectivity index (χ2n) is 8.97. The van der Waals surface area contributed by atoms with Crippen LogP contribution in [0.25, 0.3) is 11.3 Å². The summed E-state index contributed by atoms with van der Waals surface area (Å²) in [5.74, 6) is 1.72. The maximum Gasteiger partial charge on any atom is 0.410 e. The number of benzene rings is 2. The molecule has 2 N–H and O–H groups in total. The Bertz CT molecular complexity index is 1170. The summed E-state index contributed by atoms with van der Waals surface area (Å²) in [5, 5.41) is 14.4. The topological polar surface area (TPSA) is 106 Å². The molecule has 2 heterocycles. The molecule has 1 saturated heterocycles. The van der Waals surface area contributed by atoms with Crippen LogP contribution < -0.4 is 10.5 Å². The first-order valence-corrected chi connectivity index (χ1v) is 10.8. The van der Waals surface area contributed by atoms with Gasteiger partial charge in [0.05, 0.1) is 6.04 Å². The summed E-state index contributed by atoms with van der Waals surface area (Å²) in [7, 11) is 0. The maximum absolute atomic E-state index is 12.4. The molecule has 0 bridgehead atoms. The molecule has 0 saturated carbocycles. The van der Waals surface area contributed by atoms with Gasteiger partial charge in [-0.15, -0.1) is 0 Å². The average Bonchev–Trinajstić information content (AvgIpc) is 3.38. The van der Waals surface area contributed by atoms with Crippen LogP contribution in [-0.4, -0.2) is 39.5 Å². The number of likely N-dealkylation sites (tertiary alicyclic amines) is 1. The number of aromatic nitrogens is 2. The number of nitriles is 1. The predicted molar refractivity (Wildman–Crippen MR) is 125 cm³/mol. The predicted octanol–water partition coefficient (Wildman–Crippen LogP) is 4.98. The molecule has 2 aromatic carbocycles. The number of carbonyl (C=O) groups is 1. The molecule has 1 amide bonds. The van der Waals surface area contributed by atoms with Crippen LogP contribution in [0, 0.1) is 11.3 Å². The Morgan fingerprint density at radius 1 is 1.12 bits per heavy atom. The summed E-state index contributed by atoms with van der Waals surface area (Å²) in [4.78, 5) is 14.1. The maximum atomic E-state index is 12.4. The van der Waals surface area contributed by atoms with Crippen LogP contribution >= 0.6 is 0 Å². The van der Waals surface area contributed by atoms with E-state index in [1.54, 1.807) is 9.58 Å². The van der Waals surface area contributed by atoms with Gasteiger partial charge < -0.3 is 20.1 Å². The van der Waals surface area contributed by atoms with Gasteiger partial charge in [-0.3, -0.25) is 0 Å². The number of ether oxygens (including phenoxy) is 2. The smallest absolute Gasteiger partial charge is 0.410 e. The van der Waals surface area contributed by atoms with E-state index in [9.17, 15) is 10.1 Å². The molecule has 170 valence electrons. The van der Waals surface area contributed by atoms with Gasteiger partial charge in [0.1, 0.15) is 40.2 Å². The highest BCUT2D eigenvalue weighted by atomic mass is 16.6. The lowest BCUT2D eigenvalue weighted by Gasteiger charge is -2.24. The zero-order valence-corrected chi connectivity index (χ0v) is 19.0. The first-order chi connectivity index (χ1) is 15.7. The minimum Gasteiger partial charge on any atom is -0.457 e. The average molecular weight is 446 g/mol. The van der Waals surface area contributed by atoms with Gasteiger partial charge >= 0.3 is 6.09 Å². The Labute approximate surface area is 193 Å². The number of carbonyl (C=O) groups excluding carboxylic acids is 1. The van der Waals surface area contributed by atoms with E-state index in [-0.39, 0.29) is 12.1 Å². The number of rotatable bonds is 4. The quantitative estimate of drug-likeness (QED) is 0.607. The third kappa shape index (κ3) is 4.93. The van der Waals surface area contributed by atoms with E-state index in [0.717, 1.165) is 11.3 Å². The van der Waals surface area contributed by atoms with Gasteiger partial charge in [-0.25, -0.2) is 9.48 Å². The summed E-state index contributed by atoms with van der Waals surface area (Å²) in [6.45, 7) is 6.49. The van der Waals surface area contributed by atoms with Crippen molar-refractivity contribution in [1.82, 2.24) is 14.7 Å². The van der Waals surface area contributed by atoms with E-state index in [1.807, 2.05) is 75.4 Å². The van der Waals surface area contributed by atoms with Crippen LogP contribution in [0.5, 0.6) is 11.5 Å². The fourth-order valence-electron chi connectivity index (χ4n) is 3.78. The van der Waals surface area contributed by atoms with Crippen molar-refractivity contribution in [3.63, 3.8) is 0 Å². The van der Waals surface area contributed by atoms with E-state index in [1.165, 1.54) is 0 Å². The van der Waals surface area contributed by atoms with Crippen LogP contribution in [0.15, 0.2) is 54.6 Å². The van der Waals surface area contributed by atoms with Gasteiger partial charge in [-0.05, 0) is 63.6 Å². The fourth-order valence-corrected chi connectivity index (χ4v) is 3.78. The number of nitrogen functional groups attached to an aromatic ring is 1. The van der Waals surface area contributed by atoms with Crippen LogP contribution in [-0.2, 0) is 4.74 Å². The molecule has 33 heavy (non-hydrogen) atoms. The summed E-state index contributed by atoms with van der Waals surface area (Å²) in [6, 6.07) is 18.9. The van der Waals surface area contributed by atoms with Gasteiger partial charge in [-0.1, -0.05) is 18.2 Å². The lowest BCUT2D eigenvalue weighted by atomic mass is 10.1. The number of nitrogens with zero attached hydrogens (tertiary/aromatic N) is 4. The Balaban J connectivity index is 1.53. The molecule has 8 nitrogen and oxygen atoms in total. The highest BCUT2D eigenvalue weighted by Gasteiger charge is 2.33. The summed E-state index contributed by atoms with van der Waals surface area (Å²) in [6.07, 6.45) is 0.324. The number of anilines is 1. The summed E-state index contributed by atoms with van der Waals surface area (Å²) < 4.78 is 13.0. The van der Waals surface area contributed by atoms with Crippen LogP contribution in [0.1, 0.15) is 38.8 Å². The van der Waals surface area contributed by atoms with E-state index in [4.69, 9.17) is 15.2 Å². The van der Waals surface area contributed by atoms with Crippen molar-refractivity contribution in [3.05, 3.63) is 60.2 Å². The number of para-hydroxylation sites is 1. The van der Waals surface area contributed by atoms with Crippen molar-refractivity contribution in [2.24, 2.45) is 0 Å². The largest absolute Gasteiger partial charge is 0.457 e. The third-order valence-corrected chi connectivity index (χ3v) is 5.33. The van der Waals surface area contributed by atoms with Crippen molar-refractivity contribution < 1.29 is 14.3 Å². The van der Waals surface area contributed by atoms with Crippen molar-refractivity contribution in [2.75, 3.05) is 18.8 Å². The Morgan fingerprint density at radius 3 is 2.42 bits per heavy atom. The zero-order chi connectivity index (χ0) is 23.6. The standard InChI is InChI=1S/C25H27N5O3/c1-25(2,3)33-24(31)29-14-13-18(16-29)30-23(27)21(15-26)22(28-30)17-9-11-20(12-10-17)32-19-7-5-4-6-8-19/h4-12,18H,13-14,16,27H2,1-3H3/t18-/m1/s1. The first-order valence-electron chi connectivity index (χ1n) is 10.8. The van der Waals surface area contributed by atoms with E-state index >= 15 is 0 Å². The van der Waals surface area contributed by atoms with Gasteiger partial charge in [0.2, 0.25) is 0 Å². The van der Waals surface area contributed by atoms with Gasteiger partial charge in [0, 0.05) is 18.7 Å². The monoisotopic (exact) mass is 445 g/mol. The molecule has 0 radical (unpaired) electrons. The SMILES string of the molecule is CC(C)(C)OC(=O)N1CC[C@@H](n2nc(-c3ccc(Oc4ccccc4)cc3)c(C#N)c2N)C1. The van der Waals surface area contributed by atoms with Crippen molar-refractivity contribution in [2.45, 2.75) is 38.8 Å². The third-order valence-electron chi connectivity index (χ3n) is 5.33. The van der Waals surface area contributed by atoms with Gasteiger partial charge in [0.15, 0.2) is 0 Å². The van der Waals surface area contributed by atoms with Crippen molar-refractivity contribution >= 4 is 11.9 Å². The van der Waals surface area contributed by atoms with Crippen LogP contribution in [0.3, 0.4) is 0 Å². The van der Waals surface area contributed by atoms with Crippen molar-refractivity contribution in [3.8, 4) is 28.8 Å². The Morgan fingerprint density at radius 2 is 1.79 bits per heavy atom. The molecule has 1 aromatic heterocycles. The van der Waals surface area contributed by atoms with Gasteiger partial charge in [-0.2, -0.15) is 10.4 Å². The van der Waals surface area contributed by atoms with Crippen LogP contribution in [0.4, 0.5) is 10.6 Å². The van der Waals surface area contributed by atoms with Gasteiger partial charge in [0.25, 0.3) is 0 Å². The van der Waals surface area contributed by atoms with Crippen molar-refractivity contribution in [1.29, 1.82) is 5.26 Å². The Kier molecular flexibility index (Phi) is 5.97. The summed E-state index contributed by atoms with van der Waals surface area (Å²) in [5.41, 5.74) is 7.34. The number of amides is 1. The van der Waals surface area contributed by atoms with E-state index in [0.29, 0.717) is 42.3 Å². The van der Waals surface area contributed by atoms with E-state index in [2.05, 4.69) is 11.2 Å². The molecule has 1 aliphatic heterocycles. The highest BCUT2D eigenvalue weighted by Crippen LogP contribution is 2.33. The molecule has 0 spiro atoms. The molecule has 1 aliphatic rings. The minimum absolute atomic E-state index is 0.126. The normalized spacial score (nSPS) is 15.8. The second kappa shape index (κ2) is 8.87. The molecule has 1 fully saturated rings. The molecule has 1 atom stereocenters. The number of hydrogen-bond donors (Lipinski definition) is 1. The minimum atomic E-state index is -0.558. The molecule has 0 aliphatic carbocycles. The van der Waals surface area contributed by atoms with E-state index < -0.39 is 5.60 Å². The Hall–Kier alpha value is -3.99. The lowest BCUT2D eigenvalue weighted by Crippen LogP contribution is -2.35.